The predicted octanol–water partition coefficient (Wildman–Crippen LogP) is 1.64. The van der Waals surface area contributed by atoms with Crippen LogP contribution in [0.15, 0.2) is 35.6 Å². The Kier molecular flexibility index (Phi) is 2.25. The molecule has 2 rings (SSSR count). The minimum absolute atomic E-state index is 0.110. The smallest absolute Gasteiger partial charge is 0.170 e. The summed E-state index contributed by atoms with van der Waals surface area (Å²) in [6, 6.07) is 7.49. The van der Waals surface area contributed by atoms with Crippen LogP contribution in [0, 0.1) is 6.92 Å². The number of oxime groups is 1. The molecule has 1 aromatic carbocycles. The highest BCUT2D eigenvalue weighted by atomic mass is 16.4. The molecule has 0 saturated heterocycles. The highest BCUT2D eigenvalue weighted by molar-refractivity contribution is 6.00. The van der Waals surface area contributed by atoms with E-state index in [1.807, 2.05) is 31.3 Å². The standard InChI is InChI=1S/C11H11N3O/c1-7-4-9-5-8(11(12)14-15)2-3-10(9)13-6-7/h2-6,15H,1H3,(H2,12,14). The molecule has 0 aliphatic rings. The number of nitrogens with two attached hydrogens (primary N) is 1. The third-order valence-corrected chi connectivity index (χ3v) is 2.22. The second-order valence-corrected chi connectivity index (χ2v) is 3.41. The number of amidine groups is 1. The average Bonchev–Trinajstić information content (AvgIpc) is 2.27. The Morgan fingerprint density at radius 2 is 2.20 bits per heavy atom. The number of fused-ring (bicyclic) bond motifs is 1. The van der Waals surface area contributed by atoms with Gasteiger partial charge >= 0.3 is 0 Å². The topological polar surface area (TPSA) is 71.5 Å². The largest absolute Gasteiger partial charge is 0.409 e. The molecule has 4 heteroatoms. The first-order chi connectivity index (χ1) is 7.20. The number of rotatable bonds is 1. The maximum absolute atomic E-state index is 8.56. The number of benzene rings is 1. The lowest BCUT2D eigenvalue weighted by Crippen LogP contribution is -2.12. The molecule has 0 spiro atoms. The van der Waals surface area contributed by atoms with Gasteiger partial charge in [-0.05, 0) is 36.8 Å². The molecule has 2 aromatic rings. The maximum atomic E-state index is 8.56. The fraction of sp³-hybridized carbons (Fsp3) is 0.0909. The van der Waals surface area contributed by atoms with Gasteiger partial charge in [-0.1, -0.05) is 5.16 Å². The Labute approximate surface area is 87.0 Å². The van der Waals surface area contributed by atoms with E-state index in [1.54, 1.807) is 6.07 Å². The van der Waals surface area contributed by atoms with Crippen LogP contribution in [0.1, 0.15) is 11.1 Å². The van der Waals surface area contributed by atoms with Crippen LogP contribution < -0.4 is 5.73 Å². The summed E-state index contributed by atoms with van der Waals surface area (Å²) in [5, 5.41) is 12.5. The van der Waals surface area contributed by atoms with Crippen LogP contribution in [0.2, 0.25) is 0 Å². The molecule has 0 bridgehead atoms. The minimum atomic E-state index is 0.110. The number of pyridine rings is 1. The summed E-state index contributed by atoms with van der Waals surface area (Å²) in [5.74, 6) is 0.110. The van der Waals surface area contributed by atoms with Crippen molar-refractivity contribution in [3.8, 4) is 0 Å². The number of hydrogen-bond acceptors (Lipinski definition) is 3. The van der Waals surface area contributed by atoms with E-state index >= 15 is 0 Å². The van der Waals surface area contributed by atoms with E-state index in [9.17, 15) is 0 Å². The van der Waals surface area contributed by atoms with Gasteiger partial charge in [0.15, 0.2) is 5.84 Å². The van der Waals surface area contributed by atoms with Crippen LogP contribution in [-0.4, -0.2) is 16.0 Å². The Bertz CT molecular complexity index is 534. The van der Waals surface area contributed by atoms with Gasteiger partial charge in [-0.3, -0.25) is 4.98 Å². The summed E-state index contributed by atoms with van der Waals surface area (Å²) in [5.41, 5.74) is 8.18. The Balaban J connectivity index is 2.64. The molecule has 76 valence electrons. The van der Waals surface area contributed by atoms with Gasteiger partial charge in [0.25, 0.3) is 0 Å². The summed E-state index contributed by atoms with van der Waals surface area (Å²) in [7, 11) is 0. The second kappa shape index (κ2) is 3.57. The molecule has 0 saturated carbocycles. The summed E-state index contributed by atoms with van der Waals surface area (Å²) in [6.07, 6.45) is 1.81. The van der Waals surface area contributed by atoms with Crippen molar-refractivity contribution in [2.75, 3.05) is 0 Å². The van der Waals surface area contributed by atoms with Crippen LogP contribution in [0.25, 0.3) is 10.9 Å². The van der Waals surface area contributed by atoms with Gasteiger partial charge in [0.2, 0.25) is 0 Å². The highest BCUT2D eigenvalue weighted by Gasteiger charge is 2.01. The molecule has 0 unspecified atom stereocenters. The molecule has 0 aliphatic heterocycles. The zero-order valence-corrected chi connectivity index (χ0v) is 8.31. The van der Waals surface area contributed by atoms with E-state index in [4.69, 9.17) is 10.9 Å². The van der Waals surface area contributed by atoms with E-state index in [2.05, 4.69) is 10.1 Å². The Morgan fingerprint density at radius 3 is 2.93 bits per heavy atom. The van der Waals surface area contributed by atoms with Crippen LogP contribution in [0.3, 0.4) is 0 Å². The molecular formula is C11H11N3O. The highest BCUT2D eigenvalue weighted by Crippen LogP contribution is 2.14. The Morgan fingerprint density at radius 1 is 1.40 bits per heavy atom. The normalized spacial score (nSPS) is 11.9. The zero-order chi connectivity index (χ0) is 10.8. The molecule has 0 fully saturated rings. The molecule has 0 aliphatic carbocycles. The van der Waals surface area contributed by atoms with Crippen molar-refractivity contribution in [3.05, 3.63) is 41.6 Å². The van der Waals surface area contributed by atoms with Crippen LogP contribution in [0.5, 0.6) is 0 Å². The van der Waals surface area contributed by atoms with E-state index in [0.717, 1.165) is 16.5 Å². The van der Waals surface area contributed by atoms with E-state index in [1.165, 1.54) is 0 Å². The number of aromatic nitrogens is 1. The summed E-state index contributed by atoms with van der Waals surface area (Å²) < 4.78 is 0. The van der Waals surface area contributed by atoms with Crippen molar-refractivity contribution in [2.45, 2.75) is 6.92 Å². The average molecular weight is 201 g/mol. The van der Waals surface area contributed by atoms with Crippen LogP contribution >= 0.6 is 0 Å². The quantitative estimate of drug-likeness (QED) is 0.319. The number of hydrogen-bond donors (Lipinski definition) is 2. The first-order valence-electron chi connectivity index (χ1n) is 4.55. The van der Waals surface area contributed by atoms with E-state index in [0.29, 0.717) is 5.56 Å². The monoisotopic (exact) mass is 201 g/mol. The van der Waals surface area contributed by atoms with Crippen molar-refractivity contribution >= 4 is 16.7 Å². The molecule has 1 heterocycles. The fourth-order valence-electron chi connectivity index (χ4n) is 1.46. The van der Waals surface area contributed by atoms with Gasteiger partial charge in [-0.25, -0.2) is 0 Å². The lowest BCUT2D eigenvalue weighted by molar-refractivity contribution is 0.318. The van der Waals surface area contributed by atoms with Gasteiger partial charge < -0.3 is 10.9 Å². The number of nitrogens with zero attached hydrogens (tertiary/aromatic N) is 2. The lowest BCUT2D eigenvalue weighted by atomic mass is 10.1. The fourth-order valence-corrected chi connectivity index (χ4v) is 1.46. The van der Waals surface area contributed by atoms with E-state index < -0.39 is 0 Å². The molecular weight excluding hydrogens is 190 g/mol. The number of aryl methyl sites for hydroxylation is 1. The first kappa shape index (κ1) is 9.45. The molecule has 0 atom stereocenters. The summed E-state index contributed by atoms with van der Waals surface area (Å²) in [6.45, 7) is 1.97. The van der Waals surface area contributed by atoms with Crippen molar-refractivity contribution in [1.82, 2.24) is 4.98 Å². The molecule has 0 radical (unpaired) electrons. The second-order valence-electron chi connectivity index (χ2n) is 3.41. The molecule has 15 heavy (non-hydrogen) atoms. The predicted molar refractivity (Wildman–Crippen MR) is 59.0 cm³/mol. The van der Waals surface area contributed by atoms with Crippen LogP contribution in [0.4, 0.5) is 0 Å². The third-order valence-electron chi connectivity index (χ3n) is 2.22. The molecule has 3 N–H and O–H groups in total. The van der Waals surface area contributed by atoms with Crippen molar-refractivity contribution < 1.29 is 5.21 Å². The summed E-state index contributed by atoms with van der Waals surface area (Å²) in [4.78, 5) is 4.26. The minimum Gasteiger partial charge on any atom is -0.409 e. The maximum Gasteiger partial charge on any atom is 0.170 e. The Hall–Kier alpha value is -2.10. The molecule has 1 aromatic heterocycles. The van der Waals surface area contributed by atoms with Gasteiger partial charge in [0.1, 0.15) is 0 Å². The van der Waals surface area contributed by atoms with Crippen molar-refractivity contribution in [3.63, 3.8) is 0 Å². The van der Waals surface area contributed by atoms with Crippen molar-refractivity contribution in [1.29, 1.82) is 0 Å². The van der Waals surface area contributed by atoms with Crippen LogP contribution in [-0.2, 0) is 0 Å². The first-order valence-corrected chi connectivity index (χ1v) is 4.55. The van der Waals surface area contributed by atoms with Gasteiger partial charge in [0, 0.05) is 17.1 Å². The van der Waals surface area contributed by atoms with Crippen molar-refractivity contribution in [2.24, 2.45) is 10.9 Å². The lowest BCUT2D eigenvalue weighted by Gasteiger charge is -2.02. The SMILES string of the molecule is Cc1cnc2ccc(/C(N)=N\O)cc2c1. The van der Waals surface area contributed by atoms with Gasteiger partial charge in [0.05, 0.1) is 5.52 Å². The molecule has 0 amide bonds. The summed E-state index contributed by atoms with van der Waals surface area (Å²) >= 11 is 0. The zero-order valence-electron chi connectivity index (χ0n) is 8.31. The third kappa shape index (κ3) is 1.74. The van der Waals surface area contributed by atoms with E-state index in [-0.39, 0.29) is 5.84 Å². The van der Waals surface area contributed by atoms with Gasteiger partial charge in [-0.2, -0.15) is 0 Å². The van der Waals surface area contributed by atoms with Gasteiger partial charge in [-0.15, -0.1) is 0 Å². The molecule has 4 nitrogen and oxygen atoms in total.